The molecule has 30 heavy (non-hydrogen) atoms. The van der Waals surface area contributed by atoms with Crippen molar-refractivity contribution in [2.24, 2.45) is 5.92 Å². The molecule has 3 aromatic carbocycles. The van der Waals surface area contributed by atoms with E-state index in [1.807, 2.05) is 50.2 Å². The van der Waals surface area contributed by atoms with Crippen LogP contribution in [-0.4, -0.2) is 11.9 Å². The average molecular weight is 400 g/mol. The van der Waals surface area contributed by atoms with Gasteiger partial charge in [0.1, 0.15) is 11.5 Å². The summed E-state index contributed by atoms with van der Waals surface area (Å²) in [6.45, 7) is 3.97. The van der Waals surface area contributed by atoms with Gasteiger partial charge in [-0.05, 0) is 62.8 Å². The largest absolute Gasteiger partial charge is 0.426 e. The maximum absolute atomic E-state index is 12.8. The SMILES string of the molecule is CC1=CCCC(C(=O)Oc2cccc3cccc(OC(=O)c4cccc(C)c4)c23)C1. The molecule has 0 bridgehead atoms. The van der Waals surface area contributed by atoms with E-state index < -0.39 is 5.97 Å². The second-order valence-electron chi connectivity index (χ2n) is 7.82. The maximum atomic E-state index is 12.8. The summed E-state index contributed by atoms with van der Waals surface area (Å²) in [7, 11) is 0. The molecule has 0 fully saturated rings. The Bertz CT molecular complexity index is 1140. The lowest BCUT2D eigenvalue weighted by Crippen LogP contribution is -2.22. The molecule has 4 heteroatoms. The van der Waals surface area contributed by atoms with Gasteiger partial charge in [0.25, 0.3) is 0 Å². The second kappa shape index (κ2) is 8.54. The fraction of sp³-hybridized carbons (Fsp3) is 0.231. The summed E-state index contributed by atoms with van der Waals surface area (Å²) >= 11 is 0. The predicted molar refractivity (Wildman–Crippen MR) is 117 cm³/mol. The summed E-state index contributed by atoms with van der Waals surface area (Å²) in [6.07, 6.45) is 4.57. The zero-order chi connectivity index (χ0) is 21.1. The van der Waals surface area contributed by atoms with Crippen LogP contribution in [0.4, 0.5) is 0 Å². The molecule has 4 rings (SSSR count). The Labute approximate surface area is 176 Å². The van der Waals surface area contributed by atoms with Gasteiger partial charge in [-0.3, -0.25) is 4.79 Å². The molecule has 1 atom stereocenters. The Hall–Kier alpha value is -3.40. The highest BCUT2D eigenvalue weighted by atomic mass is 16.5. The van der Waals surface area contributed by atoms with Crippen molar-refractivity contribution in [3.05, 3.63) is 83.4 Å². The van der Waals surface area contributed by atoms with Crippen LogP contribution in [0.1, 0.15) is 42.1 Å². The number of ether oxygens (including phenoxy) is 2. The number of fused-ring (bicyclic) bond motifs is 1. The van der Waals surface area contributed by atoms with Crippen LogP contribution in [-0.2, 0) is 4.79 Å². The van der Waals surface area contributed by atoms with Gasteiger partial charge in [-0.1, -0.05) is 53.6 Å². The van der Waals surface area contributed by atoms with Gasteiger partial charge in [0.15, 0.2) is 0 Å². The van der Waals surface area contributed by atoms with E-state index in [0.717, 1.165) is 30.2 Å². The van der Waals surface area contributed by atoms with Crippen molar-refractivity contribution in [1.29, 1.82) is 0 Å². The van der Waals surface area contributed by atoms with Crippen LogP contribution in [0.25, 0.3) is 10.8 Å². The van der Waals surface area contributed by atoms with Gasteiger partial charge in [0.2, 0.25) is 0 Å². The maximum Gasteiger partial charge on any atom is 0.343 e. The minimum atomic E-state index is -0.444. The third-order valence-corrected chi connectivity index (χ3v) is 5.40. The minimum absolute atomic E-state index is 0.146. The van der Waals surface area contributed by atoms with Crippen LogP contribution in [0.15, 0.2) is 72.3 Å². The van der Waals surface area contributed by atoms with Crippen molar-refractivity contribution >= 4 is 22.7 Å². The summed E-state index contributed by atoms with van der Waals surface area (Å²) in [5, 5.41) is 1.46. The Balaban J connectivity index is 1.64. The standard InChI is InChI=1S/C26H24O4/c1-17-7-3-11-20(15-17)25(27)29-22-13-5-9-19-10-6-14-23(24(19)22)30-26(28)21-12-4-8-18(2)16-21/h3,5-11,13-15,21H,4,12,16H2,1-2H3. The van der Waals surface area contributed by atoms with Gasteiger partial charge < -0.3 is 9.47 Å². The molecule has 0 spiro atoms. The fourth-order valence-corrected chi connectivity index (χ4v) is 3.87. The van der Waals surface area contributed by atoms with Crippen LogP contribution in [0, 0.1) is 12.8 Å². The van der Waals surface area contributed by atoms with Crippen LogP contribution in [0.5, 0.6) is 11.5 Å². The lowest BCUT2D eigenvalue weighted by Gasteiger charge is -2.20. The van der Waals surface area contributed by atoms with E-state index >= 15 is 0 Å². The van der Waals surface area contributed by atoms with Crippen molar-refractivity contribution in [2.45, 2.75) is 33.1 Å². The normalized spacial score (nSPS) is 16.1. The van der Waals surface area contributed by atoms with Gasteiger partial charge >= 0.3 is 11.9 Å². The number of carbonyl (C=O) groups is 2. The average Bonchev–Trinajstić information content (AvgIpc) is 2.74. The van der Waals surface area contributed by atoms with Crippen molar-refractivity contribution < 1.29 is 19.1 Å². The van der Waals surface area contributed by atoms with Gasteiger partial charge in [0, 0.05) is 0 Å². The first-order chi connectivity index (χ1) is 14.5. The highest BCUT2D eigenvalue weighted by Crippen LogP contribution is 2.36. The molecule has 152 valence electrons. The summed E-state index contributed by atoms with van der Waals surface area (Å²) < 4.78 is 11.5. The van der Waals surface area contributed by atoms with E-state index in [0.29, 0.717) is 22.4 Å². The molecule has 1 unspecified atom stereocenters. The summed E-state index contributed by atoms with van der Waals surface area (Å²) in [4.78, 5) is 25.5. The summed E-state index contributed by atoms with van der Waals surface area (Å²) in [5.41, 5.74) is 2.67. The molecule has 0 aromatic heterocycles. The minimum Gasteiger partial charge on any atom is -0.426 e. The zero-order valence-electron chi connectivity index (χ0n) is 17.2. The lowest BCUT2D eigenvalue weighted by molar-refractivity contribution is -0.139. The lowest BCUT2D eigenvalue weighted by atomic mass is 9.90. The van der Waals surface area contributed by atoms with Crippen molar-refractivity contribution in [2.75, 3.05) is 0 Å². The van der Waals surface area contributed by atoms with Gasteiger partial charge in [-0.25, -0.2) is 4.79 Å². The number of benzene rings is 3. The number of aryl methyl sites for hydroxylation is 1. The number of allylic oxidation sites excluding steroid dienone is 2. The van der Waals surface area contributed by atoms with Gasteiger partial charge in [0.05, 0.1) is 16.9 Å². The molecule has 0 heterocycles. The van der Waals surface area contributed by atoms with E-state index in [-0.39, 0.29) is 11.9 Å². The Morgan fingerprint density at radius 2 is 1.60 bits per heavy atom. The Morgan fingerprint density at radius 1 is 0.900 bits per heavy atom. The molecule has 0 saturated carbocycles. The van der Waals surface area contributed by atoms with Gasteiger partial charge in [-0.15, -0.1) is 0 Å². The molecule has 1 aliphatic rings. The van der Waals surface area contributed by atoms with E-state index in [4.69, 9.17) is 9.47 Å². The number of hydrogen-bond donors (Lipinski definition) is 0. The van der Waals surface area contributed by atoms with Gasteiger partial charge in [-0.2, -0.15) is 0 Å². The molecule has 4 nitrogen and oxygen atoms in total. The fourth-order valence-electron chi connectivity index (χ4n) is 3.87. The third kappa shape index (κ3) is 4.28. The molecular weight excluding hydrogens is 376 g/mol. The van der Waals surface area contributed by atoms with Crippen molar-refractivity contribution in [1.82, 2.24) is 0 Å². The smallest absolute Gasteiger partial charge is 0.343 e. The Kier molecular flexibility index (Phi) is 5.66. The highest BCUT2D eigenvalue weighted by molar-refractivity contribution is 5.99. The number of esters is 2. The molecule has 0 saturated heterocycles. The Morgan fingerprint density at radius 3 is 2.30 bits per heavy atom. The molecule has 0 N–H and O–H groups in total. The first kappa shape index (κ1) is 19.9. The second-order valence-corrected chi connectivity index (χ2v) is 7.82. The summed E-state index contributed by atoms with van der Waals surface area (Å²) in [5.74, 6) is -0.0399. The van der Waals surface area contributed by atoms with Crippen molar-refractivity contribution in [3.8, 4) is 11.5 Å². The number of carbonyl (C=O) groups excluding carboxylic acids is 2. The zero-order valence-corrected chi connectivity index (χ0v) is 17.2. The molecule has 0 aliphatic heterocycles. The summed E-state index contributed by atoms with van der Waals surface area (Å²) in [6, 6.07) is 18.2. The number of hydrogen-bond acceptors (Lipinski definition) is 4. The molecule has 0 amide bonds. The first-order valence-electron chi connectivity index (χ1n) is 10.2. The molecule has 0 radical (unpaired) electrons. The van der Waals surface area contributed by atoms with Crippen LogP contribution >= 0.6 is 0 Å². The molecule has 1 aliphatic carbocycles. The first-order valence-corrected chi connectivity index (χ1v) is 10.2. The predicted octanol–water partition coefficient (Wildman–Crippen LogP) is 6.02. The van der Waals surface area contributed by atoms with E-state index in [9.17, 15) is 9.59 Å². The highest BCUT2D eigenvalue weighted by Gasteiger charge is 2.24. The monoisotopic (exact) mass is 400 g/mol. The van der Waals surface area contributed by atoms with Crippen molar-refractivity contribution in [3.63, 3.8) is 0 Å². The quantitative estimate of drug-likeness (QED) is 0.305. The van der Waals surface area contributed by atoms with E-state index in [1.165, 1.54) is 5.57 Å². The van der Waals surface area contributed by atoms with E-state index in [2.05, 4.69) is 6.08 Å². The number of rotatable bonds is 4. The van der Waals surface area contributed by atoms with E-state index in [1.54, 1.807) is 24.3 Å². The van der Waals surface area contributed by atoms with Crippen LogP contribution in [0.3, 0.4) is 0 Å². The van der Waals surface area contributed by atoms with Crippen LogP contribution < -0.4 is 9.47 Å². The molecule has 3 aromatic rings. The topological polar surface area (TPSA) is 52.6 Å². The van der Waals surface area contributed by atoms with Crippen LogP contribution in [0.2, 0.25) is 0 Å². The third-order valence-electron chi connectivity index (χ3n) is 5.40. The molecular formula is C26H24O4.